The van der Waals surface area contributed by atoms with Crippen molar-refractivity contribution in [2.45, 2.75) is 95.1 Å². The van der Waals surface area contributed by atoms with Crippen LogP contribution in [0, 0.1) is 0 Å². The second-order valence-corrected chi connectivity index (χ2v) is 7.93. The number of imide groups is 1. The van der Waals surface area contributed by atoms with E-state index in [4.69, 9.17) is 0 Å². The van der Waals surface area contributed by atoms with Gasteiger partial charge in [-0.25, -0.2) is 4.79 Å². The zero-order chi connectivity index (χ0) is 17.7. The van der Waals surface area contributed by atoms with Gasteiger partial charge in [0.05, 0.1) is 0 Å². The minimum atomic E-state index is -0.764. The first kappa shape index (κ1) is 18.2. The van der Waals surface area contributed by atoms with E-state index in [1.165, 1.54) is 19.3 Å². The molecule has 0 aromatic heterocycles. The first-order valence-electron chi connectivity index (χ1n) is 10.0. The van der Waals surface area contributed by atoms with Crippen molar-refractivity contribution < 1.29 is 14.4 Å². The third kappa shape index (κ3) is 4.33. The van der Waals surface area contributed by atoms with Gasteiger partial charge in [0.2, 0.25) is 5.91 Å². The number of nitrogens with zero attached hydrogens (tertiary/aromatic N) is 1. The third-order valence-corrected chi connectivity index (χ3v) is 5.98. The summed E-state index contributed by atoms with van der Waals surface area (Å²) < 4.78 is 0. The number of hydrogen-bond acceptors (Lipinski definition) is 3. The van der Waals surface area contributed by atoms with Gasteiger partial charge in [-0.1, -0.05) is 57.8 Å². The van der Waals surface area contributed by atoms with Gasteiger partial charge in [0.1, 0.15) is 12.1 Å². The summed E-state index contributed by atoms with van der Waals surface area (Å²) in [6, 6.07) is -0.215. The molecule has 6 heteroatoms. The summed E-state index contributed by atoms with van der Waals surface area (Å²) in [7, 11) is 0. The van der Waals surface area contributed by atoms with E-state index < -0.39 is 11.6 Å². The van der Waals surface area contributed by atoms with Crippen LogP contribution in [0.1, 0.15) is 83.5 Å². The molecule has 0 aromatic carbocycles. The van der Waals surface area contributed by atoms with Crippen LogP contribution in [0.3, 0.4) is 0 Å². The number of urea groups is 1. The molecule has 1 heterocycles. The first-order valence-corrected chi connectivity index (χ1v) is 10.0. The van der Waals surface area contributed by atoms with Crippen LogP contribution in [-0.4, -0.2) is 40.9 Å². The highest BCUT2D eigenvalue weighted by atomic mass is 16.2. The van der Waals surface area contributed by atoms with Crippen molar-refractivity contribution >= 4 is 17.8 Å². The molecule has 2 saturated carbocycles. The van der Waals surface area contributed by atoms with E-state index in [0.717, 1.165) is 56.3 Å². The van der Waals surface area contributed by atoms with Crippen molar-refractivity contribution in [3.63, 3.8) is 0 Å². The van der Waals surface area contributed by atoms with Crippen molar-refractivity contribution in [2.24, 2.45) is 0 Å². The zero-order valence-corrected chi connectivity index (χ0v) is 15.1. The van der Waals surface area contributed by atoms with Crippen molar-refractivity contribution in [3.05, 3.63) is 0 Å². The molecular formula is C19H31N3O3. The lowest BCUT2D eigenvalue weighted by Crippen LogP contribution is -2.48. The van der Waals surface area contributed by atoms with Gasteiger partial charge in [0.25, 0.3) is 5.91 Å². The topological polar surface area (TPSA) is 78.5 Å². The van der Waals surface area contributed by atoms with Gasteiger partial charge in [-0.05, 0) is 25.7 Å². The molecule has 0 bridgehead atoms. The molecule has 3 aliphatic rings. The highest BCUT2D eigenvalue weighted by molar-refractivity contribution is 6.09. The Labute approximate surface area is 150 Å². The van der Waals surface area contributed by atoms with E-state index in [-0.39, 0.29) is 24.4 Å². The van der Waals surface area contributed by atoms with Crippen LogP contribution in [0.5, 0.6) is 0 Å². The number of carbonyl (C=O) groups excluding carboxylic acids is 3. The van der Waals surface area contributed by atoms with Crippen LogP contribution < -0.4 is 10.6 Å². The van der Waals surface area contributed by atoms with Crippen LogP contribution in [0.2, 0.25) is 0 Å². The second-order valence-electron chi connectivity index (χ2n) is 7.93. The number of nitrogens with one attached hydrogen (secondary N) is 2. The molecule has 25 heavy (non-hydrogen) atoms. The fourth-order valence-electron chi connectivity index (χ4n) is 4.51. The van der Waals surface area contributed by atoms with Crippen LogP contribution in [0.4, 0.5) is 4.79 Å². The number of carbonyl (C=O) groups is 3. The average Bonchev–Trinajstić information content (AvgIpc) is 2.74. The molecule has 140 valence electrons. The Bertz CT molecular complexity index is 504. The molecule has 1 aliphatic heterocycles. The quantitative estimate of drug-likeness (QED) is 0.607. The Balaban J connectivity index is 1.58. The predicted octanol–water partition coefficient (Wildman–Crippen LogP) is 2.86. The van der Waals surface area contributed by atoms with E-state index in [2.05, 4.69) is 10.6 Å². The van der Waals surface area contributed by atoms with E-state index in [0.29, 0.717) is 12.8 Å². The van der Waals surface area contributed by atoms with Gasteiger partial charge >= 0.3 is 6.03 Å². The monoisotopic (exact) mass is 349 g/mol. The summed E-state index contributed by atoms with van der Waals surface area (Å²) in [5.74, 6) is -0.409. The Hall–Kier alpha value is -1.59. The fourth-order valence-corrected chi connectivity index (χ4v) is 4.51. The summed E-state index contributed by atoms with van der Waals surface area (Å²) in [6.45, 7) is -0.150. The third-order valence-electron chi connectivity index (χ3n) is 5.98. The molecule has 3 fully saturated rings. The maximum atomic E-state index is 12.9. The van der Waals surface area contributed by atoms with Gasteiger partial charge in [-0.2, -0.15) is 0 Å². The van der Waals surface area contributed by atoms with Crippen molar-refractivity contribution in [1.82, 2.24) is 15.5 Å². The van der Waals surface area contributed by atoms with Crippen molar-refractivity contribution in [3.8, 4) is 0 Å². The standard InChI is InChI=1S/C19H31N3O3/c23-16(20-15-10-6-2-3-7-11-15)14-22-17(24)19(21-18(22)25)12-8-4-1-5-9-13-19/h15H,1-14H2,(H,20,23)(H,21,25). The van der Waals surface area contributed by atoms with Crippen LogP contribution >= 0.6 is 0 Å². The molecular weight excluding hydrogens is 318 g/mol. The molecule has 2 N–H and O–H groups in total. The second kappa shape index (κ2) is 8.19. The van der Waals surface area contributed by atoms with Crippen molar-refractivity contribution in [1.29, 1.82) is 0 Å². The summed E-state index contributed by atoms with van der Waals surface area (Å²) in [5, 5.41) is 5.94. The highest BCUT2D eigenvalue weighted by Crippen LogP contribution is 2.32. The van der Waals surface area contributed by atoms with Crippen LogP contribution in [0.25, 0.3) is 0 Å². The molecule has 0 unspecified atom stereocenters. The average molecular weight is 349 g/mol. The van der Waals surface area contributed by atoms with Gasteiger partial charge in [0.15, 0.2) is 0 Å². The largest absolute Gasteiger partial charge is 0.352 e. The molecule has 0 radical (unpaired) electrons. The molecule has 0 atom stereocenters. The highest BCUT2D eigenvalue weighted by Gasteiger charge is 2.50. The molecule has 6 nitrogen and oxygen atoms in total. The molecule has 0 aromatic rings. The fraction of sp³-hybridized carbons (Fsp3) is 0.842. The molecule has 1 saturated heterocycles. The maximum absolute atomic E-state index is 12.9. The lowest BCUT2D eigenvalue weighted by Gasteiger charge is -2.28. The van der Waals surface area contributed by atoms with E-state index >= 15 is 0 Å². The van der Waals surface area contributed by atoms with Gasteiger partial charge in [-0.3, -0.25) is 14.5 Å². The SMILES string of the molecule is O=C(CN1C(=O)NC2(CCCCCCC2)C1=O)NC1CCCCCC1. The first-order chi connectivity index (χ1) is 12.1. The van der Waals surface area contributed by atoms with Gasteiger partial charge in [-0.15, -0.1) is 0 Å². The normalized spacial score (nSPS) is 25.2. The number of rotatable bonds is 3. The minimum absolute atomic E-state index is 0.150. The van der Waals surface area contributed by atoms with E-state index in [1.54, 1.807) is 0 Å². The number of amides is 4. The van der Waals surface area contributed by atoms with Crippen LogP contribution in [-0.2, 0) is 9.59 Å². The minimum Gasteiger partial charge on any atom is -0.352 e. The molecule has 2 aliphatic carbocycles. The maximum Gasteiger partial charge on any atom is 0.325 e. The Morgan fingerprint density at radius 2 is 1.52 bits per heavy atom. The summed E-state index contributed by atoms with van der Waals surface area (Å²) in [5.41, 5.74) is -0.764. The zero-order valence-electron chi connectivity index (χ0n) is 15.1. The summed E-state index contributed by atoms with van der Waals surface area (Å²) in [6.07, 6.45) is 13.4. The van der Waals surface area contributed by atoms with Gasteiger partial charge < -0.3 is 10.6 Å². The van der Waals surface area contributed by atoms with E-state index in [9.17, 15) is 14.4 Å². The Morgan fingerprint density at radius 1 is 0.960 bits per heavy atom. The summed E-state index contributed by atoms with van der Waals surface area (Å²) in [4.78, 5) is 38.8. The number of hydrogen-bond donors (Lipinski definition) is 2. The molecule has 4 amide bonds. The Kier molecular flexibility index (Phi) is 5.97. The lowest BCUT2D eigenvalue weighted by atomic mass is 9.84. The van der Waals surface area contributed by atoms with Gasteiger partial charge in [0, 0.05) is 6.04 Å². The molecule has 1 spiro atoms. The molecule has 3 rings (SSSR count). The van der Waals surface area contributed by atoms with Crippen LogP contribution in [0.15, 0.2) is 0 Å². The summed E-state index contributed by atoms with van der Waals surface area (Å²) >= 11 is 0. The smallest absolute Gasteiger partial charge is 0.325 e. The lowest BCUT2D eigenvalue weighted by molar-refractivity contribution is -0.135. The predicted molar refractivity (Wildman–Crippen MR) is 94.9 cm³/mol. The Morgan fingerprint density at radius 3 is 2.16 bits per heavy atom. The van der Waals surface area contributed by atoms with E-state index in [1.807, 2.05) is 0 Å². The van der Waals surface area contributed by atoms with Crippen molar-refractivity contribution in [2.75, 3.05) is 6.54 Å².